The van der Waals surface area contributed by atoms with Crippen LogP contribution in [0.1, 0.15) is 10.9 Å². The quantitative estimate of drug-likeness (QED) is 0.832. The second-order valence-electron chi connectivity index (χ2n) is 3.85. The summed E-state index contributed by atoms with van der Waals surface area (Å²) in [6.45, 7) is -0.0265. The first-order valence-corrected chi connectivity index (χ1v) is 7.59. The Hall–Kier alpha value is -0.750. The maximum Gasteiger partial charge on any atom is 0.141 e. The Balaban J connectivity index is 2.23. The van der Waals surface area contributed by atoms with Gasteiger partial charge < -0.3 is 15.2 Å². The first-order valence-electron chi connectivity index (χ1n) is 5.61. The van der Waals surface area contributed by atoms with Crippen molar-refractivity contribution in [2.75, 3.05) is 19.0 Å². The maximum atomic E-state index is 9.55. The van der Waals surface area contributed by atoms with Crippen molar-refractivity contribution in [1.82, 2.24) is 0 Å². The molecule has 1 heterocycles. The van der Waals surface area contributed by atoms with Crippen molar-refractivity contribution in [2.45, 2.75) is 6.04 Å². The molecule has 0 bridgehead atoms. The number of anilines is 1. The number of hydrogen-bond acceptors (Lipinski definition) is 4. The predicted octanol–water partition coefficient (Wildman–Crippen LogP) is 4.32. The van der Waals surface area contributed by atoms with Gasteiger partial charge in [0.05, 0.1) is 25.4 Å². The summed E-state index contributed by atoms with van der Waals surface area (Å²) in [5.74, 6) is 0.739. The number of halogens is 2. The maximum absolute atomic E-state index is 9.55. The summed E-state index contributed by atoms with van der Waals surface area (Å²) in [5, 5.41) is 12.8. The average molecular weight is 363 g/mol. The molecule has 102 valence electrons. The minimum Gasteiger partial charge on any atom is -0.495 e. The Labute approximate surface area is 129 Å². The molecule has 2 rings (SSSR count). The molecular weight excluding hydrogens is 350 g/mol. The topological polar surface area (TPSA) is 41.5 Å². The highest BCUT2D eigenvalue weighted by Gasteiger charge is 2.16. The van der Waals surface area contributed by atoms with E-state index in [0.717, 1.165) is 20.8 Å². The summed E-state index contributed by atoms with van der Waals surface area (Å²) >= 11 is 10.8. The zero-order valence-electron chi connectivity index (χ0n) is 10.2. The van der Waals surface area contributed by atoms with Gasteiger partial charge in [-0.05, 0) is 34.1 Å². The highest BCUT2D eigenvalue weighted by atomic mass is 79.9. The summed E-state index contributed by atoms with van der Waals surface area (Å²) in [5.41, 5.74) is 0.838. The molecule has 3 nitrogen and oxygen atoms in total. The van der Waals surface area contributed by atoms with Crippen LogP contribution in [0.5, 0.6) is 5.75 Å². The lowest BCUT2D eigenvalue weighted by atomic mass is 10.2. The van der Waals surface area contributed by atoms with Crippen molar-refractivity contribution < 1.29 is 9.84 Å². The summed E-state index contributed by atoms with van der Waals surface area (Å²) < 4.78 is 6.80. The Morgan fingerprint density at radius 3 is 2.79 bits per heavy atom. The zero-order chi connectivity index (χ0) is 13.8. The Morgan fingerprint density at radius 2 is 2.21 bits per heavy atom. The van der Waals surface area contributed by atoms with E-state index < -0.39 is 0 Å². The Morgan fingerprint density at radius 1 is 1.47 bits per heavy atom. The van der Waals surface area contributed by atoms with Crippen LogP contribution in [0, 0.1) is 0 Å². The molecule has 19 heavy (non-hydrogen) atoms. The fraction of sp³-hybridized carbons (Fsp3) is 0.231. The third-order valence-electron chi connectivity index (χ3n) is 2.63. The van der Waals surface area contributed by atoms with Crippen molar-refractivity contribution in [3.05, 3.63) is 44.0 Å². The number of thiophene rings is 1. The van der Waals surface area contributed by atoms with Gasteiger partial charge in [0.25, 0.3) is 0 Å². The number of hydrogen-bond donors (Lipinski definition) is 2. The monoisotopic (exact) mass is 361 g/mol. The normalized spacial score (nSPS) is 12.2. The van der Waals surface area contributed by atoms with Gasteiger partial charge in [-0.15, -0.1) is 11.3 Å². The number of benzene rings is 1. The zero-order valence-corrected chi connectivity index (χ0v) is 13.3. The number of aliphatic hydroxyl groups excluding tert-OH is 1. The molecule has 0 aliphatic rings. The van der Waals surface area contributed by atoms with E-state index in [1.165, 1.54) is 11.3 Å². The summed E-state index contributed by atoms with van der Waals surface area (Å²) in [4.78, 5) is 0.963. The smallest absolute Gasteiger partial charge is 0.141 e. The van der Waals surface area contributed by atoms with Crippen LogP contribution in [0.4, 0.5) is 5.69 Å². The summed E-state index contributed by atoms with van der Waals surface area (Å²) in [7, 11) is 1.62. The first kappa shape index (κ1) is 14.7. The van der Waals surface area contributed by atoms with E-state index >= 15 is 0 Å². The molecule has 0 radical (unpaired) electrons. The van der Waals surface area contributed by atoms with Crippen LogP contribution in [0.3, 0.4) is 0 Å². The number of methoxy groups -OCH3 is 1. The number of aliphatic hydroxyl groups is 1. The molecule has 2 N–H and O–H groups in total. The van der Waals surface area contributed by atoms with Gasteiger partial charge >= 0.3 is 0 Å². The number of para-hydroxylation sites is 2. The molecule has 1 unspecified atom stereocenters. The van der Waals surface area contributed by atoms with Crippen LogP contribution in [-0.2, 0) is 0 Å². The minimum atomic E-state index is -0.218. The standard InChI is InChI=1S/C13H13BrClNO2S/c1-18-11-5-3-2-4-9(11)16-10(7-17)12-6-8(14)13(15)19-12/h2-6,10,16-17H,7H2,1H3. The van der Waals surface area contributed by atoms with E-state index in [4.69, 9.17) is 16.3 Å². The second-order valence-corrected chi connectivity index (χ2v) is 6.39. The lowest BCUT2D eigenvalue weighted by Crippen LogP contribution is -2.14. The SMILES string of the molecule is COc1ccccc1NC(CO)c1cc(Br)c(Cl)s1. The molecular formula is C13H13BrClNO2S. The van der Waals surface area contributed by atoms with Crippen LogP contribution in [0.25, 0.3) is 0 Å². The minimum absolute atomic E-state index is 0.0265. The van der Waals surface area contributed by atoms with Crippen molar-refractivity contribution >= 4 is 44.6 Å². The van der Waals surface area contributed by atoms with Gasteiger partial charge in [-0.3, -0.25) is 0 Å². The van der Waals surface area contributed by atoms with Crippen molar-refractivity contribution in [3.63, 3.8) is 0 Å². The molecule has 1 aromatic heterocycles. The van der Waals surface area contributed by atoms with E-state index in [1.54, 1.807) is 7.11 Å². The van der Waals surface area contributed by atoms with Gasteiger partial charge in [-0.2, -0.15) is 0 Å². The van der Waals surface area contributed by atoms with Gasteiger partial charge in [-0.25, -0.2) is 0 Å². The van der Waals surface area contributed by atoms with Crippen LogP contribution in [0.2, 0.25) is 4.34 Å². The van der Waals surface area contributed by atoms with Crippen LogP contribution < -0.4 is 10.1 Å². The average Bonchev–Trinajstić information content (AvgIpc) is 2.76. The third-order valence-corrected chi connectivity index (χ3v) is 5.22. The number of nitrogens with one attached hydrogen (secondary N) is 1. The van der Waals surface area contributed by atoms with E-state index in [-0.39, 0.29) is 12.6 Å². The molecule has 0 spiro atoms. The molecule has 0 amide bonds. The Kier molecular flexibility index (Phi) is 5.10. The van der Waals surface area contributed by atoms with Crippen LogP contribution in [-0.4, -0.2) is 18.8 Å². The summed E-state index contributed by atoms with van der Waals surface area (Å²) in [6.07, 6.45) is 0. The van der Waals surface area contributed by atoms with E-state index in [1.807, 2.05) is 30.3 Å². The van der Waals surface area contributed by atoms with E-state index in [2.05, 4.69) is 21.2 Å². The van der Waals surface area contributed by atoms with Gasteiger partial charge in [0.15, 0.2) is 0 Å². The molecule has 1 atom stereocenters. The molecule has 0 saturated heterocycles. The molecule has 2 aromatic rings. The van der Waals surface area contributed by atoms with E-state index in [9.17, 15) is 5.11 Å². The molecule has 6 heteroatoms. The molecule has 0 aliphatic carbocycles. The number of rotatable bonds is 5. The van der Waals surface area contributed by atoms with Gasteiger partial charge in [0.1, 0.15) is 10.1 Å². The van der Waals surface area contributed by atoms with Crippen molar-refractivity contribution in [3.8, 4) is 5.75 Å². The van der Waals surface area contributed by atoms with Gasteiger partial charge in [0, 0.05) is 9.35 Å². The lowest BCUT2D eigenvalue weighted by molar-refractivity contribution is 0.277. The largest absolute Gasteiger partial charge is 0.495 e. The molecule has 0 aliphatic heterocycles. The van der Waals surface area contributed by atoms with Crippen molar-refractivity contribution in [1.29, 1.82) is 0 Å². The highest BCUT2D eigenvalue weighted by molar-refractivity contribution is 9.10. The lowest BCUT2D eigenvalue weighted by Gasteiger charge is -2.18. The van der Waals surface area contributed by atoms with Crippen LogP contribution in [0.15, 0.2) is 34.8 Å². The van der Waals surface area contributed by atoms with Crippen molar-refractivity contribution in [2.24, 2.45) is 0 Å². The molecule has 1 aromatic carbocycles. The number of ether oxygens (including phenoxy) is 1. The second kappa shape index (κ2) is 6.61. The fourth-order valence-corrected chi connectivity index (χ4v) is 3.47. The molecule has 0 fully saturated rings. The van der Waals surface area contributed by atoms with E-state index in [0.29, 0.717) is 4.34 Å². The van der Waals surface area contributed by atoms with Crippen LogP contribution >= 0.6 is 38.9 Å². The fourth-order valence-electron chi connectivity index (χ4n) is 1.69. The predicted molar refractivity (Wildman–Crippen MR) is 83.5 cm³/mol. The third kappa shape index (κ3) is 3.42. The molecule has 0 saturated carbocycles. The van der Waals surface area contributed by atoms with Gasteiger partial charge in [0.2, 0.25) is 0 Å². The Bertz CT molecular complexity index is 542. The van der Waals surface area contributed by atoms with Gasteiger partial charge in [-0.1, -0.05) is 23.7 Å². The first-order chi connectivity index (χ1) is 9.15. The highest BCUT2D eigenvalue weighted by Crippen LogP contribution is 2.37. The summed E-state index contributed by atoms with van der Waals surface area (Å²) in [6, 6.07) is 9.29.